The summed E-state index contributed by atoms with van der Waals surface area (Å²) < 4.78 is 23.2. The van der Waals surface area contributed by atoms with Crippen LogP contribution in [0.3, 0.4) is 0 Å². The van der Waals surface area contributed by atoms with Crippen LogP contribution >= 0.6 is 0 Å². The lowest BCUT2D eigenvalue weighted by molar-refractivity contribution is 0.173. The Kier molecular flexibility index (Phi) is 5.75. The molecule has 1 atom stereocenters. The van der Waals surface area contributed by atoms with E-state index in [0.29, 0.717) is 30.2 Å². The first-order valence-electron chi connectivity index (χ1n) is 6.98. The Morgan fingerprint density at radius 2 is 1.64 bits per heavy atom. The molecule has 5 heteroatoms. The summed E-state index contributed by atoms with van der Waals surface area (Å²) in [6, 6.07) is 11.6. The highest BCUT2D eigenvalue weighted by molar-refractivity contribution is 5.39. The number of methoxy groups -OCH3 is 2. The van der Waals surface area contributed by atoms with Crippen molar-refractivity contribution < 1.29 is 19.0 Å². The van der Waals surface area contributed by atoms with Gasteiger partial charge >= 0.3 is 0 Å². The first-order valence-corrected chi connectivity index (χ1v) is 6.98. The topological polar surface area (TPSA) is 50.7 Å². The largest absolute Gasteiger partial charge is 0.497 e. The van der Waals surface area contributed by atoms with Crippen LogP contribution in [0.25, 0.3) is 0 Å². The molecule has 0 fully saturated rings. The summed E-state index contributed by atoms with van der Waals surface area (Å²) in [7, 11) is 3.13. The van der Waals surface area contributed by atoms with Crippen molar-refractivity contribution >= 4 is 0 Å². The molecule has 1 unspecified atom stereocenters. The Morgan fingerprint density at radius 1 is 1.05 bits per heavy atom. The zero-order chi connectivity index (χ0) is 15.9. The van der Waals surface area contributed by atoms with Crippen molar-refractivity contribution in [1.82, 2.24) is 5.32 Å². The predicted molar refractivity (Wildman–Crippen MR) is 82.6 cm³/mol. The van der Waals surface area contributed by atoms with Gasteiger partial charge in [-0.2, -0.15) is 0 Å². The average Bonchev–Trinajstić information content (AvgIpc) is 2.56. The maximum absolute atomic E-state index is 12.8. The highest BCUT2D eigenvalue weighted by Crippen LogP contribution is 2.26. The second-order valence-electron chi connectivity index (χ2n) is 4.92. The van der Waals surface area contributed by atoms with Gasteiger partial charge in [-0.15, -0.1) is 0 Å². The number of aliphatic hydroxyl groups excluding tert-OH is 1. The minimum atomic E-state index is -0.690. The van der Waals surface area contributed by atoms with Gasteiger partial charge in [0, 0.05) is 19.2 Å². The van der Waals surface area contributed by atoms with Gasteiger partial charge < -0.3 is 19.9 Å². The van der Waals surface area contributed by atoms with Gasteiger partial charge in [0.1, 0.15) is 17.3 Å². The van der Waals surface area contributed by atoms with Crippen molar-refractivity contribution in [3.8, 4) is 11.5 Å². The van der Waals surface area contributed by atoms with E-state index in [0.717, 1.165) is 5.56 Å². The standard InChI is InChI=1S/C17H20FNO3/c1-21-15-7-13(8-16(9-15)22-2)17(20)11-19-10-12-3-5-14(18)6-4-12/h3-9,17,19-20H,10-11H2,1-2H3. The Hall–Kier alpha value is -2.11. The summed E-state index contributed by atoms with van der Waals surface area (Å²) in [4.78, 5) is 0. The summed E-state index contributed by atoms with van der Waals surface area (Å²) in [5, 5.41) is 13.4. The van der Waals surface area contributed by atoms with E-state index in [1.165, 1.54) is 12.1 Å². The maximum atomic E-state index is 12.8. The van der Waals surface area contributed by atoms with E-state index < -0.39 is 6.10 Å². The van der Waals surface area contributed by atoms with Crippen molar-refractivity contribution in [2.45, 2.75) is 12.6 Å². The molecular formula is C17H20FNO3. The molecule has 0 saturated carbocycles. The molecule has 2 aromatic carbocycles. The maximum Gasteiger partial charge on any atom is 0.123 e. The molecule has 4 nitrogen and oxygen atoms in total. The predicted octanol–water partition coefficient (Wildman–Crippen LogP) is 2.67. The fourth-order valence-electron chi connectivity index (χ4n) is 2.10. The van der Waals surface area contributed by atoms with Crippen LogP contribution in [0.4, 0.5) is 4.39 Å². The van der Waals surface area contributed by atoms with Crippen molar-refractivity contribution in [1.29, 1.82) is 0 Å². The van der Waals surface area contributed by atoms with Gasteiger partial charge in [-0.25, -0.2) is 4.39 Å². The third kappa shape index (κ3) is 4.44. The fourth-order valence-corrected chi connectivity index (χ4v) is 2.10. The molecule has 2 aromatic rings. The highest BCUT2D eigenvalue weighted by atomic mass is 19.1. The fraction of sp³-hybridized carbons (Fsp3) is 0.294. The second kappa shape index (κ2) is 7.77. The van der Waals surface area contributed by atoms with Gasteiger partial charge in [-0.3, -0.25) is 0 Å². The van der Waals surface area contributed by atoms with Crippen LogP contribution in [-0.4, -0.2) is 25.9 Å². The lowest BCUT2D eigenvalue weighted by Gasteiger charge is -2.15. The number of hydrogen-bond donors (Lipinski definition) is 2. The van der Waals surface area contributed by atoms with Gasteiger partial charge in [-0.1, -0.05) is 12.1 Å². The number of halogens is 1. The van der Waals surface area contributed by atoms with E-state index in [1.54, 1.807) is 44.6 Å². The zero-order valence-electron chi connectivity index (χ0n) is 12.7. The lowest BCUT2D eigenvalue weighted by atomic mass is 10.1. The number of nitrogens with one attached hydrogen (secondary N) is 1. The summed E-state index contributed by atoms with van der Waals surface area (Å²) in [6.45, 7) is 0.923. The molecule has 0 aliphatic carbocycles. The lowest BCUT2D eigenvalue weighted by Crippen LogP contribution is -2.21. The number of ether oxygens (including phenoxy) is 2. The van der Waals surface area contributed by atoms with Crippen molar-refractivity contribution in [3.05, 3.63) is 59.4 Å². The van der Waals surface area contributed by atoms with Crippen LogP contribution in [0.2, 0.25) is 0 Å². The van der Waals surface area contributed by atoms with Gasteiger partial charge in [0.05, 0.1) is 20.3 Å². The molecule has 2 rings (SSSR count). The number of hydrogen-bond acceptors (Lipinski definition) is 4. The van der Waals surface area contributed by atoms with Gasteiger partial charge in [0.15, 0.2) is 0 Å². The summed E-state index contributed by atoms with van der Waals surface area (Å²) in [5.74, 6) is 1.01. The minimum Gasteiger partial charge on any atom is -0.497 e. The molecular weight excluding hydrogens is 285 g/mol. The second-order valence-corrected chi connectivity index (χ2v) is 4.92. The quantitative estimate of drug-likeness (QED) is 0.826. The van der Waals surface area contributed by atoms with E-state index >= 15 is 0 Å². The molecule has 0 saturated heterocycles. The van der Waals surface area contributed by atoms with Gasteiger partial charge in [-0.05, 0) is 35.4 Å². The van der Waals surface area contributed by atoms with E-state index in [-0.39, 0.29) is 5.82 Å². The van der Waals surface area contributed by atoms with Crippen LogP contribution < -0.4 is 14.8 Å². The van der Waals surface area contributed by atoms with Crippen LogP contribution in [-0.2, 0) is 6.54 Å². The van der Waals surface area contributed by atoms with Crippen molar-refractivity contribution in [2.75, 3.05) is 20.8 Å². The molecule has 0 heterocycles. The Labute approximate surface area is 129 Å². The Bertz CT molecular complexity index is 579. The van der Waals surface area contributed by atoms with E-state index in [4.69, 9.17) is 9.47 Å². The normalized spacial score (nSPS) is 12.0. The van der Waals surface area contributed by atoms with Gasteiger partial charge in [0.25, 0.3) is 0 Å². The van der Waals surface area contributed by atoms with Crippen LogP contribution in [0.1, 0.15) is 17.2 Å². The van der Waals surface area contributed by atoms with Crippen molar-refractivity contribution in [3.63, 3.8) is 0 Å². The van der Waals surface area contributed by atoms with Crippen LogP contribution in [0.5, 0.6) is 11.5 Å². The molecule has 0 bridgehead atoms. The number of rotatable bonds is 7. The zero-order valence-corrected chi connectivity index (χ0v) is 12.7. The Balaban J connectivity index is 1.94. The van der Waals surface area contributed by atoms with Crippen molar-refractivity contribution in [2.24, 2.45) is 0 Å². The molecule has 0 amide bonds. The highest BCUT2D eigenvalue weighted by Gasteiger charge is 2.10. The van der Waals surface area contributed by atoms with E-state index in [9.17, 15) is 9.50 Å². The molecule has 22 heavy (non-hydrogen) atoms. The van der Waals surface area contributed by atoms with E-state index in [2.05, 4.69) is 5.32 Å². The third-order valence-electron chi connectivity index (χ3n) is 3.34. The first kappa shape index (κ1) is 16.3. The minimum absolute atomic E-state index is 0.257. The smallest absolute Gasteiger partial charge is 0.123 e. The summed E-state index contributed by atoms with van der Waals surface area (Å²) in [5.41, 5.74) is 1.67. The summed E-state index contributed by atoms with van der Waals surface area (Å²) >= 11 is 0. The molecule has 0 aliphatic heterocycles. The molecule has 118 valence electrons. The third-order valence-corrected chi connectivity index (χ3v) is 3.34. The molecule has 0 aromatic heterocycles. The molecule has 0 radical (unpaired) electrons. The molecule has 0 aliphatic rings. The molecule has 2 N–H and O–H groups in total. The van der Waals surface area contributed by atoms with Crippen LogP contribution in [0, 0.1) is 5.82 Å². The average molecular weight is 305 g/mol. The first-order chi connectivity index (χ1) is 10.6. The van der Waals surface area contributed by atoms with E-state index in [1.807, 2.05) is 0 Å². The number of aliphatic hydroxyl groups is 1. The SMILES string of the molecule is COc1cc(OC)cc(C(O)CNCc2ccc(F)cc2)c1. The Morgan fingerprint density at radius 3 is 2.18 bits per heavy atom. The summed E-state index contributed by atoms with van der Waals surface area (Å²) in [6.07, 6.45) is -0.690. The van der Waals surface area contributed by atoms with Gasteiger partial charge in [0.2, 0.25) is 0 Å². The van der Waals surface area contributed by atoms with Crippen LogP contribution in [0.15, 0.2) is 42.5 Å². The monoisotopic (exact) mass is 305 g/mol. The number of benzene rings is 2. The molecule has 0 spiro atoms.